The van der Waals surface area contributed by atoms with Gasteiger partial charge in [-0.3, -0.25) is 0 Å². The molecule has 0 atom stereocenters. The van der Waals surface area contributed by atoms with Crippen molar-refractivity contribution in [2.75, 3.05) is 0 Å². The van der Waals surface area contributed by atoms with Crippen molar-refractivity contribution in [1.82, 2.24) is 0 Å². The van der Waals surface area contributed by atoms with Gasteiger partial charge in [0.15, 0.2) is 0 Å². The molecule has 1 saturated heterocycles. The van der Waals surface area contributed by atoms with Gasteiger partial charge in [-0.25, -0.2) is 0 Å². The number of rotatable bonds is 2. The van der Waals surface area contributed by atoms with E-state index in [4.69, 9.17) is 13.7 Å². The number of hydrogen-bond donors (Lipinski definition) is 0. The van der Waals surface area contributed by atoms with Gasteiger partial charge in [0, 0.05) is 10.3 Å². The van der Waals surface area contributed by atoms with Gasteiger partial charge < -0.3 is 13.7 Å². The predicted octanol–water partition coefficient (Wildman–Crippen LogP) is 3.31. The third kappa shape index (κ3) is 2.16. The molecule has 0 bridgehead atoms. The highest BCUT2D eigenvalue weighted by Crippen LogP contribution is 2.37. The summed E-state index contributed by atoms with van der Waals surface area (Å²) in [6.07, 6.45) is 3.43. The van der Waals surface area contributed by atoms with Crippen molar-refractivity contribution in [2.45, 2.75) is 38.9 Å². The summed E-state index contributed by atoms with van der Waals surface area (Å²) in [5.74, 6) is 0. The molecule has 1 aliphatic heterocycles. The Kier molecular flexibility index (Phi) is 2.89. The van der Waals surface area contributed by atoms with E-state index in [0.717, 1.165) is 15.9 Å². The molecule has 1 fully saturated rings. The second kappa shape index (κ2) is 4.23. The van der Waals surface area contributed by atoms with Crippen molar-refractivity contribution in [2.24, 2.45) is 0 Å². The molecule has 0 aliphatic carbocycles. The van der Waals surface area contributed by atoms with Crippen molar-refractivity contribution in [1.29, 1.82) is 0 Å². The maximum absolute atomic E-state index is 6.05. The van der Waals surface area contributed by atoms with Crippen LogP contribution in [0.15, 0.2) is 34.5 Å². The van der Waals surface area contributed by atoms with Gasteiger partial charge in [-0.1, -0.05) is 0 Å². The molecule has 0 unspecified atom stereocenters. The fraction of sp³-hybridized carbons (Fsp3) is 0.429. The first-order valence-electron chi connectivity index (χ1n) is 6.36. The lowest BCUT2D eigenvalue weighted by atomic mass is 9.87. The van der Waals surface area contributed by atoms with Crippen LogP contribution in [0, 0.1) is 0 Å². The average molecular weight is 276 g/mol. The van der Waals surface area contributed by atoms with Crippen LogP contribution in [-0.4, -0.2) is 18.3 Å². The van der Waals surface area contributed by atoms with Crippen LogP contribution in [0.4, 0.5) is 0 Å². The summed E-state index contributed by atoms with van der Waals surface area (Å²) in [7, 11) is -0.282. The van der Waals surface area contributed by atoms with Gasteiger partial charge in [-0.2, -0.15) is 11.3 Å². The maximum Gasteiger partial charge on any atom is 0.505 e. The Labute approximate surface area is 117 Å². The first-order chi connectivity index (χ1) is 8.89. The number of hydrogen-bond acceptors (Lipinski definition) is 4. The molecule has 3 nitrogen and oxygen atoms in total. The lowest BCUT2D eigenvalue weighted by Gasteiger charge is -2.32. The molecule has 0 radical (unpaired) electrons. The predicted molar refractivity (Wildman–Crippen MR) is 77.7 cm³/mol. The zero-order chi connectivity index (χ0) is 13.7. The van der Waals surface area contributed by atoms with Gasteiger partial charge >= 0.3 is 7.12 Å². The van der Waals surface area contributed by atoms with E-state index < -0.39 is 0 Å². The smallest absolute Gasteiger partial charge is 0.472 e. The molecule has 3 rings (SSSR count). The van der Waals surface area contributed by atoms with Crippen LogP contribution in [0.3, 0.4) is 0 Å². The minimum atomic E-state index is -0.294. The van der Waals surface area contributed by atoms with E-state index in [2.05, 4.69) is 39.1 Å². The molecule has 0 amide bonds. The van der Waals surface area contributed by atoms with E-state index in [-0.39, 0.29) is 18.3 Å². The summed E-state index contributed by atoms with van der Waals surface area (Å²) in [5.41, 5.74) is 1.64. The highest BCUT2D eigenvalue weighted by Gasteiger charge is 2.52. The molecule has 0 N–H and O–H groups in total. The second-order valence-corrected chi connectivity index (χ2v) is 6.78. The first kappa shape index (κ1) is 13.0. The van der Waals surface area contributed by atoms with Crippen LogP contribution in [0.25, 0.3) is 11.1 Å². The molecular weight excluding hydrogens is 259 g/mol. The van der Waals surface area contributed by atoms with Crippen LogP contribution in [0.1, 0.15) is 27.7 Å². The molecule has 1 aliphatic rings. The van der Waals surface area contributed by atoms with Gasteiger partial charge in [0.2, 0.25) is 0 Å². The van der Waals surface area contributed by atoms with Gasteiger partial charge in [-0.15, -0.1) is 0 Å². The summed E-state index contributed by atoms with van der Waals surface area (Å²) in [5, 5.41) is 2.10. The normalized spacial score (nSPS) is 20.9. The number of furan rings is 1. The van der Waals surface area contributed by atoms with Crippen molar-refractivity contribution in [3.8, 4) is 11.1 Å². The molecule has 2 aromatic heterocycles. The highest BCUT2D eigenvalue weighted by molar-refractivity contribution is 7.21. The fourth-order valence-electron chi connectivity index (χ4n) is 2.02. The Morgan fingerprint density at radius 2 is 1.74 bits per heavy atom. The van der Waals surface area contributed by atoms with Crippen LogP contribution >= 0.6 is 11.3 Å². The number of thiophene rings is 1. The van der Waals surface area contributed by atoms with Gasteiger partial charge in [0.1, 0.15) is 0 Å². The molecule has 0 spiro atoms. The summed E-state index contributed by atoms with van der Waals surface area (Å²) in [4.78, 5) is 0. The summed E-state index contributed by atoms with van der Waals surface area (Å²) in [6, 6.07) is 4.06. The Morgan fingerprint density at radius 3 is 2.32 bits per heavy atom. The highest BCUT2D eigenvalue weighted by atomic mass is 32.1. The van der Waals surface area contributed by atoms with Crippen LogP contribution in [0.5, 0.6) is 0 Å². The van der Waals surface area contributed by atoms with Crippen LogP contribution < -0.4 is 4.78 Å². The van der Waals surface area contributed by atoms with E-state index in [1.54, 1.807) is 23.9 Å². The van der Waals surface area contributed by atoms with Crippen molar-refractivity contribution < 1.29 is 13.7 Å². The van der Waals surface area contributed by atoms with E-state index in [9.17, 15) is 0 Å². The molecule has 3 heterocycles. The minimum absolute atomic E-state index is 0.282. The second-order valence-electron chi connectivity index (χ2n) is 5.84. The fourth-order valence-corrected chi connectivity index (χ4v) is 2.89. The quantitative estimate of drug-likeness (QED) is 0.789. The maximum atomic E-state index is 6.05. The SMILES string of the molecule is CC1(C)OB(c2cc(-c3ccoc3)cs2)OC1(C)C. The summed E-state index contributed by atoms with van der Waals surface area (Å²) in [6.45, 7) is 8.27. The van der Waals surface area contributed by atoms with Crippen molar-refractivity contribution in [3.63, 3.8) is 0 Å². The zero-order valence-corrected chi connectivity index (χ0v) is 12.4. The summed E-state index contributed by atoms with van der Waals surface area (Å²) >= 11 is 1.65. The molecule has 0 saturated carbocycles. The third-order valence-electron chi connectivity index (χ3n) is 3.96. The topological polar surface area (TPSA) is 31.6 Å². The standard InChI is InChI=1S/C14H17BO3S/c1-13(2)14(3,4)18-15(17-13)12-7-11(9-19-12)10-5-6-16-8-10/h5-9H,1-4H3. The average Bonchev–Trinajstić information content (AvgIpc) is 3.00. The largest absolute Gasteiger partial charge is 0.505 e. The Bertz CT molecular complexity index is 555. The van der Waals surface area contributed by atoms with E-state index in [0.29, 0.717) is 0 Å². The molecule has 19 heavy (non-hydrogen) atoms. The molecule has 5 heteroatoms. The molecule has 0 aromatic carbocycles. The van der Waals surface area contributed by atoms with Crippen molar-refractivity contribution in [3.05, 3.63) is 30.0 Å². The lowest BCUT2D eigenvalue weighted by molar-refractivity contribution is 0.00578. The minimum Gasteiger partial charge on any atom is -0.472 e. The molecular formula is C14H17BO3S. The Morgan fingerprint density at radius 1 is 1.05 bits per heavy atom. The van der Waals surface area contributed by atoms with Gasteiger partial charge in [0.25, 0.3) is 0 Å². The van der Waals surface area contributed by atoms with Crippen LogP contribution in [-0.2, 0) is 9.31 Å². The summed E-state index contributed by atoms with van der Waals surface area (Å²) < 4.78 is 18.3. The van der Waals surface area contributed by atoms with E-state index in [1.807, 2.05) is 6.07 Å². The monoisotopic (exact) mass is 276 g/mol. The Hall–Kier alpha value is -1.04. The van der Waals surface area contributed by atoms with Gasteiger partial charge in [-0.05, 0) is 50.8 Å². The molecule has 100 valence electrons. The van der Waals surface area contributed by atoms with E-state index >= 15 is 0 Å². The Balaban J connectivity index is 1.85. The molecule has 2 aromatic rings. The van der Waals surface area contributed by atoms with Crippen molar-refractivity contribution >= 4 is 23.2 Å². The zero-order valence-electron chi connectivity index (χ0n) is 11.6. The van der Waals surface area contributed by atoms with Crippen LogP contribution in [0.2, 0.25) is 0 Å². The third-order valence-corrected chi connectivity index (χ3v) is 4.91. The van der Waals surface area contributed by atoms with Gasteiger partial charge in [0.05, 0.1) is 23.7 Å². The first-order valence-corrected chi connectivity index (χ1v) is 7.24. The lowest BCUT2D eigenvalue weighted by Crippen LogP contribution is -2.41. The van der Waals surface area contributed by atoms with E-state index in [1.165, 1.54) is 0 Å².